The fourth-order valence-corrected chi connectivity index (χ4v) is 5.04. The molecule has 2 aliphatic rings. The fourth-order valence-electron chi connectivity index (χ4n) is 4.17. The van der Waals surface area contributed by atoms with Crippen LogP contribution >= 0.6 is 11.3 Å². The first-order valence-electron chi connectivity index (χ1n) is 9.78. The number of carbonyl (C=O) groups excluding carboxylic acids is 3. The van der Waals surface area contributed by atoms with Crippen LogP contribution in [0.15, 0.2) is 12.1 Å². The molecule has 2 fully saturated rings. The average molecular weight is 392 g/mol. The van der Waals surface area contributed by atoms with Gasteiger partial charge in [0.2, 0.25) is 11.7 Å². The summed E-state index contributed by atoms with van der Waals surface area (Å²) in [5, 5.41) is 2.87. The number of hydrogen-bond acceptors (Lipinski definition) is 5. The minimum Gasteiger partial charge on any atom is -0.457 e. The summed E-state index contributed by atoms with van der Waals surface area (Å²) in [6.07, 6.45) is 5.41. The van der Waals surface area contributed by atoms with Gasteiger partial charge in [0.05, 0.1) is 11.4 Å². The Morgan fingerprint density at radius 3 is 2.59 bits per heavy atom. The first kappa shape index (κ1) is 20.1. The Labute approximate surface area is 164 Å². The Morgan fingerprint density at radius 2 is 1.96 bits per heavy atom. The predicted octanol–water partition coefficient (Wildman–Crippen LogP) is 3.96. The van der Waals surface area contributed by atoms with E-state index < -0.39 is 5.41 Å². The molecular formula is C21H29NO4S. The normalized spacial score (nSPS) is 24.0. The lowest BCUT2D eigenvalue weighted by Crippen LogP contribution is -2.34. The molecule has 6 heteroatoms. The molecule has 0 saturated heterocycles. The Bertz CT molecular complexity index is 718. The number of ether oxygens (including phenoxy) is 1. The zero-order chi connectivity index (χ0) is 19.6. The lowest BCUT2D eigenvalue weighted by molar-refractivity contribution is -0.144. The number of ketones is 1. The average Bonchev–Trinajstić information content (AvgIpc) is 3.33. The summed E-state index contributed by atoms with van der Waals surface area (Å²) in [5.41, 5.74) is -0.442. The third kappa shape index (κ3) is 5.18. The SMILES string of the molecule is CC(C)(C)C(=O)NCc1ccc(C(=O)COC(=O)C[C@@H]2C[C@@H]3CC[C@@H]2C3)s1. The van der Waals surface area contributed by atoms with Crippen LogP contribution < -0.4 is 5.32 Å². The van der Waals surface area contributed by atoms with E-state index in [4.69, 9.17) is 4.74 Å². The zero-order valence-electron chi connectivity index (χ0n) is 16.4. The summed E-state index contributed by atoms with van der Waals surface area (Å²) in [6, 6.07) is 3.56. The molecule has 0 radical (unpaired) electrons. The van der Waals surface area contributed by atoms with Gasteiger partial charge in [-0.2, -0.15) is 0 Å². The van der Waals surface area contributed by atoms with Crippen LogP contribution in [0.4, 0.5) is 0 Å². The second-order valence-corrected chi connectivity index (χ2v) is 10.1. The molecule has 3 atom stereocenters. The summed E-state index contributed by atoms with van der Waals surface area (Å²) in [7, 11) is 0. The number of amides is 1. The van der Waals surface area contributed by atoms with Gasteiger partial charge in [0.15, 0.2) is 6.61 Å². The van der Waals surface area contributed by atoms with Crippen LogP contribution in [-0.4, -0.2) is 24.3 Å². The molecule has 1 heterocycles. The van der Waals surface area contributed by atoms with E-state index in [1.807, 2.05) is 26.8 Å². The first-order chi connectivity index (χ1) is 12.7. The molecule has 1 aromatic rings. The summed E-state index contributed by atoms with van der Waals surface area (Å²) in [5.74, 6) is 1.47. The highest BCUT2D eigenvalue weighted by molar-refractivity contribution is 7.14. The van der Waals surface area contributed by atoms with Crippen molar-refractivity contribution in [3.05, 3.63) is 21.9 Å². The third-order valence-corrected chi connectivity index (χ3v) is 6.84. The van der Waals surface area contributed by atoms with Crippen molar-refractivity contribution in [2.45, 2.75) is 59.4 Å². The third-order valence-electron chi connectivity index (χ3n) is 5.72. The molecule has 1 N–H and O–H groups in total. The van der Waals surface area contributed by atoms with E-state index in [0.29, 0.717) is 29.7 Å². The first-order valence-corrected chi connectivity index (χ1v) is 10.6. The van der Waals surface area contributed by atoms with Crippen LogP contribution in [-0.2, 0) is 20.9 Å². The number of rotatable bonds is 7. The number of nitrogens with one attached hydrogen (secondary N) is 1. The van der Waals surface area contributed by atoms with Gasteiger partial charge in [0, 0.05) is 16.7 Å². The minimum atomic E-state index is -0.442. The molecule has 0 aliphatic heterocycles. The topological polar surface area (TPSA) is 72.5 Å². The summed E-state index contributed by atoms with van der Waals surface area (Å²) in [4.78, 5) is 37.7. The summed E-state index contributed by atoms with van der Waals surface area (Å²) < 4.78 is 5.23. The second kappa shape index (κ2) is 8.13. The lowest BCUT2D eigenvalue weighted by Gasteiger charge is -2.20. The van der Waals surface area contributed by atoms with Crippen molar-refractivity contribution >= 4 is 29.0 Å². The van der Waals surface area contributed by atoms with Crippen LogP contribution in [0, 0.1) is 23.2 Å². The Balaban J connectivity index is 1.41. The Morgan fingerprint density at radius 1 is 1.19 bits per heavy atom. The van der Waals surface area contributed by atoms with Crippen LogP contribution in [0.3, 0.4) is 0 Å². The summed E-state index contributed by atoms with van der Waals surface area (Å²) >= 11 is 1.33. The quantitative estimate of drug-likeness (QED) is 0.564. The van der Waals surface area contributed by atoms with E-state index in [1.165, 1.54) is 30.6 Å². The highest BCUT2D eigenvalue weighted by Gasteiger charge is 2.40. The molecule has 0 aromatic carbocycles. The van der Waals surface area contributed by atoms with Crippen LogP contribution in [0.2, 0.25) is 0 Å². The number of esters is 1. The van der Waals surface area contributed by atoms with Gasteiger partial charge >= 0.3 is 5.97 Å². The molecular weight excluding hydrogens is 362 g/mol. The standard InChI is InChI=1S/C21H29NO4S/c1-21(2,3)20(25)22-11-16-6-7-18(27-16)17(23)12-26-19(24)10-15-9-13-4-5-14(15)8-13/h6-7,13-15H,4-5,8-12H2,1-3H3,(H,22,25)/t13-,14-,15+/m1/s1. The van der Waals surface area contributed by atoms with E-state index in [1.54, 1.807) is 6.07 Å². The van der Waals surface area contributed by atoms with Crippen molar-refractivity contribution in [3.8, 4) is 0 Å². The number of Topliss-reactive ketones (excluding diaryl/α,β-unsaturated/α-hetero) is 1. The van der Waals surface area contributed by atoms with Crippen molar-refractivity contribution in [3.63, 3.8) is 0 Å². The molecule has 2 saturated carbocycles. The van der Waals surface area contributed by atoms with Crippen LogP contribution in [0.1, 0.15) is 67.4 Å². The van der Waals surface area contributed by atoms with E-state index in [0.717, 1.165) is 17.2 Å². The smallest absolute Gasteiger partial charge is 0.306 e. The van der Waals surface area contributed by atoms with Crippen molar-refractivity contribution in [2.75, 3.05) is 6.61 Å². The van der Waals surface area contributed by atoms with Gasteiger partial charge in [-0.3, -0.25) is 14.4 Å². The zero-order valence-corrected chi connectivity index (χ0v) is 17.2. The van der Waals surface area contributed by atoms with Gasteiger partial charge in [-0.05, 0) is 49.1 Å². The van der Waals surface area contributed by atoms with Gasteiger partial charge < -0.3 is 10.1 Å². The number of hydrogen-bond donors (Lipinski definition) is 1. The van der Waals surface area contributed by atoms with Gasteiger partial charge in [-0.25, -0.2) is 0 Å². The fraction of sp³-hybridized carbons (Fsp3) is 0.667. The maximum absolute atomic E-state index is 12.3. The highest BCUT2D eigenvalue weighted by atomic mass is 32.1. The Hall–Kier alpha value is -1.69. The summed E-state index contributed by atoms with van der Waals surface area (Å²) in [6.45, 7) is 5.77. The van der Waals surface area contributed by atoms with Crippen molar-refractivity contribution in [1.82, 2.24) is 5.32 Å². The van der Waals surface area contributed by atoms with Crippen LogP contribution in [0.25, 0.3) is 0 Å². The lowest BCUT2D eigenvalue weighted by atomic mass is 9.86. The van der Waals surface area contributed by atoms with Gasteiger partial charge in [0.25, 0.3) is 0 Å². The molecule has 0 unspecified atom stereocenters. The molecule has 5 nitrogen and oxygen atoms in total. The molecule has 2 aliphatic carbocycles. The molecule has 3 rings (SSSR count). The largest absolute Gasteiger partial charge is 0.457 e. The molecule has 2 bridgehead atoms. The van der Waals surface area contributed by atoms with Gasteiger partial charge in [-0.1, -0.05) is 27.2 Å². The predicted molar refractivity (Wildman–Crippen MR) is 104 cm³/mol. The monoisotopic (exact) mass is 391 g/mol. The number of thiophene rings is 1. The van der Waals surface area contributed by atoms with Crippen molar-refractivity contribution < 1.29 is 19.1 Å². The number of carbonyl (C=O) groups is 3. The molecule has 1 aromatic heterocycles. The van der Waals surface area contributed by atoms with Gasteiger partial charge in [-0.15, -0.1) is 11.3 Å². The Kier molecular flexibility index (Phi) is 6.04. The number of fused-ring (bicyclic) bond motifs is 2. The van der Waals surface area contributed by atoms with E-state index in [9.17, 15) is 14.4 Å². The highest BCUT2D eigenvalue weighted by Crippen LogP contribution is 2.49. The maximum Gasteiger partial charge on any atom is 0.306 e. The van der Waals surface area contributed by atoms with E-state index >= 15 is 0 Å². The maximum atomic E-state index is 12.3. The van der Waals surface area contributed by atoms with Crippen molar-refractivity contribution in [2.24, 2.45) is 23.2 Å². The molecule has 27 heavy (non-hydrogen) atoms. The van der Waals surface area contributed by atoms with E-state index in [2.05, 4.69) is 5.32 Å². The van der Waals surface area contributed by atoms with Crippen molar-refractivity contribution in [1.29, 1.82) is 0 Å². The van der Waals surface area contributed by atoms with Gasteiger partial charge in [0.1, 0.15) is 0 Å². The molecule has 1 amide bonds. The molecule has 148 valence electrons. The van der Waals surface area contributed by atoms with E-state index in [-0.39, 0.29) is 24.3 Å². The molecule has 0 spiro atoms. The minimum absolute atomic E-state index is 0.0293. The van der Waals surface area contributed by atoms with Crippen LogP contribution in [0.5, 0.6) is 0 Å². The second-order valence-electron chi connectivity index (χ2n) is 8.92.